The molecule has 0 fully saturated rings. The molecule has 0 saturated heterocycles. The van der Waals surface area contributed by atoms with Crippen LogP contribution in [0, 0.1) is 6.92 Å². The molecular weight excluding hydrogens is 348 g/mol. The fraction of sp³-hybridized carbons (Fsp3) is 0.389. The van der Waals surface area contributed by atoms with Gasteiger partial charge in [-0.2, -0.15) is 9.78 Å². The summed E-state index contributed by atoms with van der Waals surface area (Å²) >= 11 is 0. The van der Waals surface area contributed by atoms with E-state index in [2.05, 4.69) is 15.3 Å². The molecule has 9 nitrogen and oxygen atoms in total. The third kappa shape index (κ3) is 3.97. The van der Waals surface area contributed by atoms with Gasteiger partial charge in [-0.3, -0.25) is 9.36 Å². The number of hydrogen-bond acceptors (Lipinski definition) is 6. The minimum Gasteiger partial charge on any atom is -0.423 e. The zero-order valence-electron chi connectivity index (χ0n) is 15.6. The van der Waals surface area contributed by atoms with Crippen LogP contribution in [0.15, 0.2) is 39.5 Å². The molecule has 9 heteroatoms. The van der Waals surface area contributed by atoms with Gasteiger partial charge in [0.25, 0.3) is 0 Å². The lowest BCUT2D eigenvalue weighted by Crippen LogP contribution is -2.36. The highest BCUT2D eigenvalue weighted by molar-refractivity contribution is 5.75. The number of carbonyl (C=O) groups excluding carboxylic acids is 1. The summed E-state index contributed by atoms with van der Waals surface area (Å²) < 4.78 is 8.13. The molecule has 0 spiro atoms. The average molecular weight is 370 g/mol. The van der Waals surface area contributed by atoms with Crippen molar-refractivity contribution in [1.29, 1.82) is 0 Å². The van der Waals surface area contributed by atoms with E-state index in [0.29, 0.717) is 36.3 Å². The number of hydrogen-bond donors (Lipinski definition) is 0. The van der Waals surface area contributed by atoms with Crippen LogP contribution < -0.4 is 5.69 Å². The predicted molar refractivity (Wildman–Crippen MR) is 97.3 cm³/mol. The number of amides is 1. The van der Waals surface area contributed by atoms with Crippen LogP contribution in [0.1, 0.15) is 31.5 Å². The van der Waals surface area contributed by atoms with Gasteiger partial charge in [-0.25, -0.2) is 4.79 Å². The number of aromatic nitrogens is 5. The van der Waals surface area contributed by atoms with Crippen molar-refractivity contribution >= 4 is 5.91 Å². The molecule has 142 valence electrons. The van der Waals surface area contributed by atoms with Crippen LogP contribution in [0.2, 0.25) is 0 Å². The van der Waals surface area contributed by atoms with E-state index in [1.165, 1.54) is 9.25 Å². The Morgan fingerprint density at radius 1 is 1.15 bits per heavy atom. The molecule has 0 aliphatic rings. The Hall–Kier alpha value is -3.23. The van der Waals surface area contributed by atoms with E-state index >= 15 is 0 Å². The van der Waals surface area contributed by atoms with Gasteiger partial charge in [0.1, 0.15) is 12.4 Å². The molecule has 0 unspecified atom stereocenters. The number of nitrogens with zero attached hydrogens (tertiary/aromatic N) is 6. The third-order valence-electron chi connectivity index (χ3n) is 4.21. The molecule has 1 aromatic carbocycles. The van der Waals surface area contributed by atoms with E-state index in [-0.39, 0.29) is 24.7 Å². The van der Waals surface area contributed by atoms with Gasteiger partial charge in [0.2, 0.25) is 17.7 Å². The first kappa shape index (κ1) is 18.6. The summed E-state index contributed by atoms with van der Waals surface area (Å²) in [6.45, 7) is 6.06. The quantitative estimate of drug-likeness (QED) is 0.622. The zero-order valence-corrected chi connectivity index (χ0v) is 15.6. The number of para-hydroxylation sites is 1. The summed E-state index contributed by atoms with van der Waals surface area (Å²) in [5, 5.41) is 12.1. The maximum Gasteiger partial charge on any atom is 0.351 e. The van der Waals surface area contributed by atoms with Crippen molar-refractivity contribution in [2.75, 3.05) is 6.54 Å². The number of carbonyl (C=O) groups is 1. The normalized spacial score (nSPS) is 10.9. The zero-order chi connectivity index (χ0) is 19.4. The van der Waals surface area contributed by atoms with Crippen molar-refractivity contribution in [1.82, 2.24) is 29.4 Å². The molecule has 0 bridgehead atoms. The second-order valence-corrected chi connectivity index (χ2v) is 6.01. The Morgan fingerprint density at radius 2 is 1.85 bits per heavy atom. The van der Waals surface area contributed by atoms with Gasteiger partial charge in [0.05, 0.1) is 12.2 Å². The summed E-state index contributed by atoms with van der Waals surface area (Å²) in [7, 11) is 0. The highest BCUT2D eigenvalue weighted by atomic mass is 16.4. The summed E-state index contributed by atoms with van der Waals surface area (Å²) in [5.74, 6) is 1.17. The van der Waals surface area contributed by atoms with Gasteiger partial charge < -0.3 is 9.32 Å². The molecule has 2 aromatic heterocycles. The third-order valence-corrected chi connectivity index (χ3v) is 4.21. The molecule has 0 aliphatic heterocycles. The highest BCUT2D eigenvalue weighted by Crippen LogP contribution is 2.07. The first-order valence-electron chi connectivity index (χ1n) is 8.84. The molecule has 0 saturated carbocycles. The Bertz CT molecular complexity index is 973. The molecule has 0 aliphatic carbocycles. The minimum atomic E-state index is -0.353. The van der Waals surface area contributed by atoms with Crippen molar-refractivity contribution in [3.05, 3.63) is 58.4 Å². The molecule has 3 rings (SSSR count). The van der Waals surface area contributed by atoms with E-state index in [1.54, 1.807) is 24.0 Å². The van der Waals surface area contributed by atoms with E-state index in [9.17, 15) is 9.59 Å². The first-order valence-corrected chi connectivity index (χ1v) is 8.84. The molecule has 0 N–H and O–H groups in total. The number of benzene rings is 1. The lowest BCUT2D eigenvalue weighted by Gasteiger charge is -2.19. The van der Waals surface area contributed by atoms with Gasteiger partial charge in [-0.05, 0) is 26.0 Å². The van der Waals surface area contributed by atoms with Crippen LogP contribution in [-0.2, 0) is 24.3 Å². The van der Waals surface area contributed by atoms with Crippen LogP contribution in [-0.4, -0.2) is 41.9 Å². The molecule has 27 heavy (non-hydrogen) atoms. The molecule has 0 radical (unpaired) electrons. The average Bonchev–Trinajstić information content (AvgIpc) is 3.26. The minimum absolute atomic E-state index is 0.0971. The van der Waals surface area contributed by atoms with Crippen molar-refractivity contribution < 1.29 is 9.21 Å². The fourth-order valence-corrected chi connectivity index (χ4v) is 2.68. The van der Waals surface area contributed by atoms with E-state index in [1.807, 2.05) is 32.0 Å². The second-order valence-electron chi connectivity index (χ2n) is 6.01. The lowest BCUT2D eigenvalue weighted by atomic mass is 10.3. The Balaban J connectivity index is 1.78. The van der Waals surface area contributed by atoms with Crippen LogP contribution in [0.3, 0.4) is 0 Å². The smallest absolute Gasteiger partial charge is 0.351 e. The fourth-order valence-electron chi connectivity index (χ4n) is 2.68. The second kappa shape index (κ2) is 7.98. The van der Waals surface area contributed by atoms with E-state index in [0.717, 1.165) is 0 Å². The van der Waals surface area contributed by atoms with Crippen LogP contribution >= 0.6 is 0 Å². The summed E-state index contributed by atoms with van der Waals surface area (Å²) in [5.41, 5.74) is 0.302. The molecular formula is C18H22N6O3. The number of likely N-dealkylation sites (N-methyl/N-ethyl adjacent to an activating group) is 1. The predicted octanol–water partition coefficient (Wildman–Crippen LogP) is 1.34. The Kier molecular flexibility index (Phi) is 5.49. The monoisotopic (exact) mass is 370 g/mol. The molecule has 0 atom stereocenters. The van der Waals surface area contributed by atoms with Crippen molar-refractivity contribution in [2.24, 2.45) is 0 Å². The largest absolute Gasteiger partial charge is 0.423 e. The summed E-state index contributed by atoms with van der Waals surface area (Å²) in [6, 6.07) is 9.10. The van der Waals surface area contributed by atoms with Gasteiger partial charge in [0, 0.05) is 13.0 Å². The SMILES string of the molecule is CCc1nnc(CN(CC)C(=O)Cn2c(C)nn(-c3ccccc3)c2=O)o1. The molecule has 1 amide bonds. The summed E-state index contributed by atoms with van der Waals surface area (Å²) in [4.78, 5) is 27.0. The summed E-state index contributed by atoms with van der Waals surface area (Å²) in [6.07, 6.45) is 0.639. The van der Waals surface area contributed by atoms with E-state index in [4.69, 9.17) is 4.42 Å². The van der Waals surface area contributed by atoms with Crippen molar-refractivity contribution in [2.45, 2.75) is 40.3 Å². The standard InChI is InChI=1S/C18H22N6O3/c1-4-15-19-20-16(27-15)11-22(5-2)17(25)12-23-13(3)21-24(18(23)26)14-9-7-6-8-10-14/h6-10H,4-5,11-12H2,1-3H3. The number of aryl methyl sites for hydroxylation is 2. The van der Waals surface area contributed by atoms with Gasteiger partial charge >= 0.3 is 5.69 Å². The van der Waals surface area contributed by atoms with Crippen LogP contribution in [0.5, 0.6) is 0 Å². The number of rotatable bonds is 7. The van der Waals surface area contributed by atoms with Gasteiger partial charge in [-0.1, -0.05) is 25.1 Å². The van der Waals surface area contributed by atoms with Crippen molar-refractivity contribution in [3.8, 4) is 5.69 Å². The van der Waals surface area contributed by atoms with E-state index < -0.39 is 0 Å². The van der Waals surface area contributed by atoms with Crippen LogP contribution in [0.25, 0.3) is 5.69 Å². The highest BCUT2D eigenvalue weighted by Gasteiger charge is 2.20. The topological polar surface area (TPSA) is 99.0 Å². The Morgan fingerprint density at radius 3 is 2.48 bits per heavy atom. The van der Waals surface area contributed by atoms with Gasteiger partial charge in [0.15, 0.2) is 0 Å². The van der Waals surface area contributed by atoms with Crippen LogP contribution in [0.4, 0.5) is 0 Å². The molecule has 3 aromatic rings. The maximum atomic E-state index is 12.7. The first-order chi connectivity index (χ1) is 13.0. The van der Waals surface area contributed by atoms with Crippen molar-refractivity contribution in [3.63, 3.8) is 0 Å². The Labute approximate surface area is 156 Å². The maximum absolute atomic E-state index is 12.7. The lowest BCUT2D eigenvalue weighted by molar-refractivity contribution is -0.132. The molecule has 2 heterocycles. The van der Waals surface area contributed by atoms with Gasteiger partial charge in [-0.15, -0.1) is 10.2 Å².